The number of carbonyl (C=O) groups excluding carboxylic acids is 1. The van der Waals surface area contributed by atoms with Crippen LogP contribution in [0.1, 0.15) is 12.5 Å². The largest absolute Gasteiger partial charge is 0.483 e. The molecule has 1 aromatic carbocycles. The lowest BCUT2D eigenvalue weighted by Gasteiger charge is -2.16. The van der Waals surface area contributed by atoms with E-state index in [2.05, 4.69) is 0 Å². The third kappa shape index (κ3) is 4.20. The van der Waals surface area contributed by atoms with Gasteiger partial charge in [-0.25, -0.2) is 0 Å². The minimum Gasteiger partial charge on any atom is -0.483 e. The molecule has 0 unspecified atom stereocenters. The molecule has 1 rings (SSSR count). The monoisotopic (exact) mass is 270 g/mol. The van der Waals surface area contributed by atoms with Crippen molar-refractivity contribution in [3.63, 3.8) is 0 Å². The van der Waals surface area contributed by atoms with E-state index in [0.29, 0.717) is 30.3 Å². The minimum absolute atomic E-state index is 0.0313. The zero-order valence-corrected chi connectivity index (χ0v) is 11.5. The number of amides is 1. The van der Waals surface area contributed by atoms with E-state index in [-0.39, 0.29) is 12.5 Å². The summed E-state index contributed by atoms with van der Waals surface area (Å²) in [6, 6.07) is 5.33. The van der Waals surface area contributed by atoms with Crippen molar-refractivity contribution in [2.45, 2.75) is 13.3 Å². The van der Waals surface area contributed by atoms with Gasteiger partial charge >= 0.3 is 0 Å². The number of rotatable bonds is 6. The lowest BCUT2D eigenvalue weighted by atomic mass is 10.1. The predicted octanol–water partition coefficient (Wildman–Crippen LogP) is 1.70. The van der Waals surface area contributed by atoms with Gasteiger partial charge in [0, 0.05) is 18.6 Å². The highest BCUT2D eigenvalue weighted by atomic mass is 35.5. The Morgan fingerprint density at radius 3 is 2.83 bits per heavy atom. The molecule has 0 radical (unpaired) electrons. The highest BCUT2D eigenvalue weighted by Crippen LogP contribution is 2.23. The molecule has 0 heterocycles. The molecule has 0 bridgehead atoms. The van der Waals surface area contributed by atoms with Crippen LogP contribution in [0.5, 0.6) is 5.75 Å². The smallest absolute Gasteiger partial charge is 0.260 e. The standard InChI is InChI=1S/C13H19ClN2O2/c1-3-16(2)13(17)9-18-12-5-4-11(14)8-10(12)6-7-15/h4-5,8H,3,6-7,9,15H2,1-2H3. The molecular weight excluding hydrogens is 252 g/mol. The van der Waals surface area contributed by atoms with Gasteiger partial charge in [0.15, 0.2) is 6.61 Å². The Morgan fingerprint density at radius 2 is 2.22 bits per heavy atom. The molecular formula is C13H19ClN2O2. The fourth-order valence-electron chi connectivity index (χ4n) is 1.47. The molecule has 1 amide bonds. The molecule has 0 aliphatic rings. The van der Waals surface area contributed by atoms with E-state index in [4.69, 9.17) is 22.1 Å². The van der Waals surface area contributed by atoms with Crippen molar-refractivity contribution < 1.29 is 9.53 Å². The molecule has 0 saturated heterocycles. The van der Waals surface area contributed by atoms with Crippen molar-refractivity contribution in [2.24, 2.45) is 5.73 Å². The predicted molar refractivity (Wildman–Crippen MR) is 73.0 cm³/mol. The van der Waals surface area contributed by atoms with Crippen LogP contribution in [-0.4, -0.2) is 37.6 Å². The summed E-state index contributed by atoms with van der Waals surface area (Å²) in [5.74, 6) is 0.619. The fourth-order valence-corrected chi connectivity index (χ4v) is 1.66. The van der Waals surface area contributed by atoms with Crippen LogP contribution >= 0.6 is 11.6 Å². The number of nitrogens with two attached hydrogens (primary N) is 1. The quantitative estimate of drug-likeness (QED) is 0.856. The highest BCUT2D eigenvalue weighted by molar-refractivity contribution is 6.30. The molecule has 5 heteroatoms. The Balaban J connectivity index is 2.69. The van der Waals surface area contributed by atoms with Crippen molar-refractivity contribution in [1.82, 2.24) is 4.90 Å². The number of likely N-dealkylation sites (N-methyl/N-ethyl adjacent to an activating group) is 1. The normalized spacial score (nSPS) is 10.2. The van der Waals surface area contributed by atoms with Gasteiger partial charge in [-0.2, -0.15) is 0 Å². The minimum atomic E-state index is -0.0499. The second-order valence-electron chi connectivity index (χ2n) is 3.99. The van der Waals surface area contributed by atoms with Gasteiger partial charge in [-0.05, 0) is 43.7 Å². The van der Waals surface area contributed by atoms with Gasteiger partial charge in [0.1, 0.15) is 5.75 Å². The topological polar surface area (TPSA) is 55.6 Å². The van der Waals surface area contributed by atoms with Crippen LogP contribution in [-0.2, 0) is 11.2 Å². The number of halogens is 1. The second kappa shape index (κ2) is 7.24. The first-order valence-corrected chi connectivity index (χ1v) is 6.31. The van der Waals surface area contributed by atoms with Crippen molar-refractivity contribution >= 4 is 17.5 Å². The molecule has 18 heavy (non-hydrogen) atoms. The van der Waals surface area contributed by atoms with Gasteiger partial charge in [0.2, 0.25) is 0 Å². The average molecular weight is 271 g/mol. The molecule has 0 saturated carbocycles. The van der Waals surface area contributed by atoms with E-state index < -0.39 is 0 Å². The van der Waals surface area contributed by atoms with Gasteiger partial charge in [0.25, 0.3) is 5.91 Å². The summed E-state index contributed by atoms with van der Waals surface area (Å²) < 4.78 is 5.52. The SMILES string of the molecule is CCN(C)C(=O)COc1ccc(Cl)cc1CCN. The molecule has 0 aliphatic heterocycles. The molecule has 0 aliphatic carbocycles. The van der Waals surface area contributed by atoms with Gasteiger partial charge < -0.3 is 15.4 Å². The molecule has 2 N–H and O–H groups in total. The second-order valence-corrected chi connectivity index (χ2v) is 4.42. The van der Waals surface area contributed by atoms with Crippen LogP contribution in [0, 0.1) is 0 Å². The van der Waals surface area contributed by atoms with E-state index in [9.17, 15) is 4.79 Å². The molecule has 0 aromatic heterocycles. The molecule has 4 nitrogen and oxygen atoms in total. The summed E-state index contributed by atoms with van der Waals surface area (Å²) >= 11 is 5.92. The first kappa shape index (κ1) is 14.8. The maximum atomic E-state index is 11.6. The van der Waals surface area contributed by atoms with Gasteiger partial charge in [-0.15, -0.1) is 0 Å². The number of carbonyl (C=O) groups is 1. The van der Waals surface area contributed by atoms with Crippen molar-refractivity contribution in [1.29, 1.82) is 0 Å². The van der Waals surface area contributed by atoms with Crippen molar-refractivity contribution in [3.05, 3.63) is 28.8 Å². The van der Waals surface area contributed by atoms with Crippen LogP contribution in [0.25, 0.3) is 0 Å². The number of ether oxygens (including phenoxy) is 1. The zero-order chi connectivity index (χ0) is 13.5. The summed E-state index contributed by atoms with van der Waals surface area (Å²) in [5.41, 5.74) is 6.46. The van der Waals surface area contributed by atoms with Crippen molar-refractivity contribution in [3.8, 4) is 5.75 Å². The Hall–Kier alpha value is -1.26. The summed E-state index contributed by atoms with van der Waals surface area (Å²) in [4.78, 5) is 13.2. The average Bonchev–Trinajstić information content (AvgIpc) is 2.37. The van der Waals surface area contributed by atoms with Crippen LogP contribution in [0.15, 0.2) is 18.2 Å². The lowest BCUT2D eigenvalue weighted by molar-refractivity contribution is -0.131. The summed E-state index contributed by atoms with van der Waals surface area (Å²) in [6.07, 6.45) is 0.674. The van der Waals surface area contributed by atoms with E-state index >= 15 is 0 Å². The number of nitrogens with zero attached hydrogens (tertiary/aromatic N) is 1. The van der Waals surface area contributed by atoms with E-state index in [1.165, 1.54) is 0 Å². The van der Waals surface area contributed by atoms with Crippen molar-refractivity contribution in [2.75, 3.05) is 26.7 Å². The maximum Gasteiger partial charge on any atom is 0.260 e. The number of benzene rings is 1. The summed E-state index contributed by atoms with van der Waals surface area (Å²) in [6.45, 7) is 3.13. The van der Waals surface area contributed by atoms with Crippen LogP contribution < -0.4 is 10.5 Å². The van der Waals surface area contributed by atoms with Crippen LogP contribution in [0.3, 0.4) is 0 Å². The van der Waals surface area contributed by atoms with Crippen LogP contribution in [0.2, 0.25) is 5.02 Å². The zero-order valence-electron chi connectivity index (χ0n) is 10.8. The molecule has 1 aromatic rings. The molecule has 0 fully saturated rings. The van der Waals surface area contributed by atoms with E-state index in [1.807, 2.05) is 13.0 Å². The van der Waals surface area contributed by atoms with Gasteiger partial charge in [-0.3, -0.25) is 4.79 Å². The number of hydrogen-bond donors (Lipinski definition) is 1. The molecule has 100 valence electrons. The fraction of sp³-hybridized carbons (Fsp3) is 0.462. The Bertz CT molecular complexity index is 410. The third-order valence-electron chi connectivity index (χ3n) is 2.69. The molecule has 0 atom stereocenters. The first-order valence-electron chi connectivity index (χ1n) is 5.93. The van der Waals surface area contributed by atoms with Crippen LogP contribution in [0.4, 0.5) is 0 Å². The Morgan fingerprint density at radius 1 is 1.50 bits per heavy atom. The third-order valence-corrected chi connectivity index (χ3v) is 2.92. The van der Waals surface area contributed by atoms with E-state index in [0.717, 1.165) is 5.56 Å². The Labute approximate surface area is 113 Å². The highest BCUT2D eigenvalue weighted by Gasteiger charge is 2.10. The summed E-state index contributed by atoms with van der Waals surface area (Å²) in [5, 5.41) is 0.641. The lowest BCUT2D eigenvalue weighted by Crippen LogP contribution is -2.31. The van der Waals surface area contributed by atoms with Gasteiger partial charge in [0.05, 0.1) is 0 Å². The summed E-state index contributed by atoms with van der Waals surface area (Å²) in [7, 11) is 1.74. The maximum absolute atomic E-state index is 11.6. The van der Waals surface area contributed by atoms with Gasteiger partial charge in [-0.1, -0.05) is 11.6 Å². The number of hydrogen-bond acceptors (Lipinski definition) is 3. The molecule has 0 spiro atoms. The first-order chi connectivity index (χ1) is 8.58. The Kier molecular flexibility index (Phi) is 5.95. The van der Waals surface area contributed by atoms with E-state index in [1.54, 1.807) is 24.1 Å².